The van der Waals surface area contributed by atoms with Crippen LogP contribution in [0, 0.1) is 0 Å². The van der Waals surface area contributed by atoms with Gasteiger partial charge in [0.2, 0.25) is 0 Å². The average Bonchev–Trinajstić information content (AvgIpc) is 2.86. The summed E-state index contributed by atoms with van der Waals surface area (Å²) in [6.07, 6.45) is 1.98. The first-order valence-corrected chi connectivity index (χ1v) is 7.12. The number of H-pyrrole nitrogens is 1. The summed E-state index contributed by atoms with van der Waals surface area (Å²) >= 11 is 3.49. The smallest absolute Gasteiger partial charge is 0.0454 e. The van der Waals surface area contributed by atoms with Crippen LogP contribution in [0.15, 0.2) is 59.2 Å². The highest BCUT2D eigenvalue weighted by molar-refractivity contribution is 9.10. The Morgan fingerprint density at radius 2 is 1.79 bits per heavy atom. The van der Waals surface area contributed by atoms with Crippen molar-refractivity contribution in [3.05, 3.63) is 70.3 Å². The van der Waals surface area contributed by atoms with Crippen LogP contribution in [0.5, 0.6) is 0 Å². The van der Waals surface area contributed by atoms with E-state index >= 15 is 0 Å². The Kier molecular flexibility index (Phi) is 3.67. The molecule has 3 rings (SSSR count). The SMILES string of the molecule is Brc1cccc(CNCc2ccc3[nH]ccc3c2)c1. The Morgan fingerprint density at radius 1 is 0.947 bits per heavy atom. The van der Waals surface area contributed by atoms with E-state index in [-0.39, 0.29) is 0 Å². The molecule has 2 aromatic carbocycles. The van der Waals surface area contributed by atoms with Gasteiger partial charge in [-0.05, 0) is 46.8 Å². The van der Waals surface area contributed by atoms with E-state index in [4.69, 9.17) is 0 Å². The molecule has 3 heteroatoms. The lowest BCUT2D eigenvalue weighted by atomic mass is 10.1. The maximum Gasteiger partial charge on any atom is 0.0454 e. The Bertz CT molecular complexity index is 688. The molecule has 0 aliphatic heterocycles. The van der Waals surface area contributed by atoms with Crippen molar-refractivity contribution in [2.24, 2.45) is 0 Å². The molecule has 0 atom stereocenters. The zero-order valence-corrected chi connectivity index (χ0v) is 12.1. The molecule has 19 heavy (non-hydrogen) atoms. The van der Waals surface area contributed by atoms with Crippen LogP contribution < -0.4 is 5.32 Å². The molecule has 2 N–H and O–H groups in total. The predicted molar refractivity (Wildman–Crippen MR) is 83.0 cm³/mol. The van der Waals surface area contributed by atoms with E-state index < -0.39 is 0 Å². The summed E-state index contributed by atoms with van der Waals surface area (Å²) in [5, 5.41) is 4.74. The van der Waals surface area contributed by atoms with Crippen molar-refractivity contribution in [3.63, 3.8) is 0 Å². The highest BCUT2D eigenvalue weighted by Gasteiger charge is 1.98. The van der Waals surface area contributed by atoms with Gasteiger partial charge in [-0.2, -0.15) is 0 Å². The fourth-order valence-corrected chi connectivity index (χ4v) is 2.66. The van der Waals surface area contributed by atoms with Gasteiger partial charge < -0.3 is 10.3 Å². The molecule has 0 fully saturated rings. The van der Waals surface area contributed by atoms with Gasteiger partial charge in [-0.15, -0.1) is 0 Å². The monoisotopic (exact) mass is 314 g/mol. The van der Waals surface area contributed by atoms with Gasteiger partial charge >= 0.3 is 0 Å². The van der Waals surface area contributed by atoms with Crippen LogP contribution in [0.25, 0.3) is 10.9 Å². The number of hydrogen-bond acceptors (Lipinski definition) is 1. The van der Waals surface area contributed by atoms with Crippen molar-refractivity contribution < 1.29 is 0 Å². The van der Waals surface area contributed by atoms with Gasteiger partial charge in [-0.3, -0.25) is 0 Å². The van der Waals surface area contributed by atoms with E-state index in [1.165, 1.54) is 22.0 Å². The van der Waals surface area contributed by atoms with Crippen LogP contribution in [-0.2, 0) is 13.1 Å². The summed E-state index contributed by atoms with van der Waals surface area (Å²) in [7, 11) is 0. The zero-order chi connectivity index (χ0) is 13.1. The molecule has 3 aromatic rings. The summed E-state index contributed by atoms with van der Waals surface area (Å²) in [6.45, 7) is 1.76. The third kappa shape index (κ3) is 3.06. The lowest BCUT2D eigenvalue weighted by Gasteiger charge is -2.06. The molecule has 0 unspecified atom stereocenters. The fourth-order valence-electron chi connectivity index (χ4n) is 2.21. The Labute approximate surface area is 121 Å². The Balaban J connectivity index is 1.62. The van der Waals surface area contributed by atoms with Crippen LogP contribution in [-0.4, -0.2) is 4.98 Å². The summed E-state index contributed by atoms with van der Waals surface area (Å²) in [4.78, 5) is 3.21. The fraction of sp³-hybridized carbons (Fsp3) is 0.125. The average molecular weight is 315 g/mol. The number of nitrogens with one attached hydrogen (secondary N) is 2. The first-order valence-electron chi connectivity index (χ1n) is 6.32. The van der Waals surface area contributed by atoms with Crippen molar-refractivity contribution in [3.8, 4) is 0 Å². The molecule has 0 saturated heterocycles. The Hall–Kier alpha value is -1.58. The number of benzene rings is 2. The second kappa shape index (κ2) is 5.59. The largest absolute Gasteiger partial charge is 0.361 e. The molecule has 0 bridgehead atoms. The molecular formula is C16H15BrN2. The van der Waals surface area contributed by atoms with Crippen LogP contribution >= 0.6 is 15.9 Å². The Morgan fingerprint density at radius 3 is 2.63 bits per heavy atom. The van der Waals surface area contributed by atoms with Crippen LogP contribution in [0.4, 0.5) is 0 Å². The van der Waals surface area contributed by atoms with E-state index in [9.17, 15) is 0 Å². The van der Waals surface area contributed by atoms with Gasteiger partial charge in [0.25, 0.3) is 0 Å². The minimum Gasteiger partial charge on any atom is -0.361 e. The third-order valence-corrected chi connectivity index (χ3v) is 3.66. The van der Waals surface area contributed by atoms with Crippen LogP contribution in [0.2, 0.25) is 0 Å². The van der Waals surface area contributed by atoms with Crippen LogP contribution in [0.3, 0.4) is 0 Å². The molecular weight excluding hydrogens is 300 g/mol. The second-order valence-electron chi connectivity index (χ2n) is 4.63. The molecule has 0 aliphatic rings. The molecule has 0 spiro atoms. The zero-order valence-electron chi connectivity index (χ0n) is 10.5. The highest BCUT2D eigenvalue weighted by Crippen LogP contribution is 2.15. The summed E-state index contributed by atoms with van der Waals surface area (Å²) in [5.41, 5.74) is 3.79. The molecule has 1 aromatic heterocycles. The van der Waals surface area contributed by atoms with Gasteiger partial charge in [-0.25, -0.2) is 0 Å². The predicted octanol–water partition coefficient (Wildman–Crippen LogP) is 4.22. The maximum absolute atomic E-state index is 3.49. The second-order valence-corrected chi connectivity index (χ2v) is 5.55. The normalized spacial score (nSPS) is 11.0. The van der Waals surface area contributed by atoms with Crippen molar-refractivity contribution >= 4 is 26.8 Å². The standard InChI is InChI=1S/C16H15BrN2/c17-15-3-1-2-12(9-15)10-18-11-13-4-5-16-14(8-13)6-7-19-16/h1-9,18-19H,10-11H2. The molecule has 0 radical (unpaired) electrons. The number of hydrogen-bond donors (Lipinski definition) is 2. The van der Waals surface area contributed by atoms with E-state index in [0.29, 0.717) is 0 Å². The molecule has 0 amide bonds. The van der Waals surface area contributed by atoms with Gasteiger partial charge in [0.05, 0.1) is 0 Å². The summed E-state index contributed by atoms with van der Waals surface area (Å²) < 4.78 is 1.13. The van der Waals surface area contributed by atoms with Crippen LogP contribution in [0.1, 0.15) is 11.1 Å². The van der Waals surface area contributed by atoms with Gasteiger partial charge in [0, 0.05) is 29.3 Å². The van der Waals surface area contributed by atoms with Crippen molar-refractivity contribution in [2.75, 3.05) is 0 Å². The molecule has 2 nitrogen and oxygen atoms in total. The molecule has 96 valence electrons. The lowest BCUT2D eigenvalue weighted by molar-refractivity contribution is 0.694. The van der Waals surface area contributed by atoms with Crippen molar-refractivity contribution in [1.29, 1.82) is 0 Å². The maximum atomic E-state index is 3.49. The van der Waals surface area contributed by atoms with E-state index in [0.717, 1.165) is 17.6 Å². The first kappa shape index (κ1) is 12.5. The number of aromatic amines is 1. The van der Waals surface area contributed by atoms with Gasteiger partial charge in [0.15, 0.2) is 0 Å². The van der Waals surface area contributed by atoms with Gasteiger partial charge in [0.1, 0.15) is 0 Å². The minimum atomic E-state index is 0.880. The van der Waals surface area contributed by atoms with E-state index in [1.54, 1.807) is 0 Å². The number of rotatable bonds is 4. The van der Waals surface area contributed by atoms with Crippen molar-refractivity contribution in [2.45, 2.75) is 13.1 Å². The highest BCUT2D eigenvalue weighted by atomic mass is 79.9. The third-order valence-electron chi connectivity index (χ3n) is 3.16. The van der Waals surface area contributed by atoms with E-state index in [2.05, 4.69) is 68.7 Å². The van der Waals surface area contributed by atoms with Gasteiger partial charge in [-0.1, -0.05) is 34.1 Å². The number of halogens is 1. The summed E-state index contributed by atoms with van der Waals surface area (Å²) in [6, 6.07) is 17.0. The lowest BCUT2D eigenvalue weighted by Crippen LogP contribution is -2.12. The van der Waals surface area contributed by atoms with E-state index in [1.807, 2.05) is 12.3 Å². The molecule has 1 heterocycles. The number of fused-ring (bicyclic) bond motifs is 1. The summed E-state index contributed by atoms with van der Waals surface area (Å²) in [5.74, 6) is 0. The quantitative estimate of drug-likeness (QED) is 0.741. The molecule has 0 saturated carbocycles. The van der Waals surface area contributed by atoms with Crippen molar-refractivity contribution in [1.82, 2.24) is 10.3 Å². The topological polar surface area (TPSA) is 27.8 Å². The molecule has 0 aliphatic carbocycles. The number of aromatic nitrogens is 1. The minimum absolute atomic E-state index is 0.880. The first-order chi connectivity index (χ1) is 9.31.